The molecule has 3 aromatic heterocycles. The van der Waals surface area contributed by atoms with Crippen molar-refractivity contribution in [2.45, 2.75) is 24.3 Å². The van der Waals surface area contributed by atoms with Gasteiger partial charge in [0, 0.05) is 18.6 Å². The van der Waals surface area contributed by atoms with Crippen LogP contribution in [0.4, 0.5) is 26.3 Å². The lowest BCUT2D eigenvalue weighted by Gasteiger charge is -2.06. The molecule has 0 saturated carbocycles. The number of hydrogen-bond acceptors (Lipinski definition) is 4. The highest BCUT2D eigenvalue weighted by Gasteiger charge is 2.33. The van der Waals surface area contributed by atoms with E-state index < -0.39 is 23.5 Å². The first-order valence-corrected chi connectivity index (χ1v) is 9.62. The minimum Gasteiger partial charge on any atom is -0.296 e. The Balaban J connectivity index is 1.94. The molecule has 4 rings (SSSR count). The second kappa shape index (κ2) is 6.89. The van der Waals surface area contributed by atoms with Gasteiger partial charge in [-0.25, -0.2) is 9.97 Å². The van der Waals surface area contributed by atoms with Crippen molar-refractivity contribution in [3.63, 3.8) is 0 Å². The molecule has 1 aromatic carbocycles. The minimum absolute atomic E-state index is 0.00492. The van der Waals surface area contributed by atoms with E-state index in [0.29, 0.717) is 22.4 Å². The van der Waals surface area contributed by atoms with Crippen LogP contribution in [0.1, 0.15) is 18.1 Å². The average molecular weight is 445 g/mol. The maximum Gasteiger partial charge on any atom is 0.417 e. The number of thioether (sulfide) groups is 1. The van der Waals surface area contributed by atoms with Gasteiger partial charge in [0.25, 0.3) is 0 Å². The summed E-state index contributed by atoms with van der Waals surface area (Å²) < 4.78 is 81.0. The third kappa shape index (κ3) is 3.38. The van der Waals surface area contributed by atoms with Gasteiger partial charge in [-0.2, -0.15) is 36.1 Å². The third-order valence-electron chi connectivity index (χ3n) is 4.44. The SMILES string of the molecule is CCSc1c2ccc(C(F)(F)F)cc2nn1-c1nc2cc(C(F)(F)F)cnc2n1C. The summed E-state index contributed by atoms with van der Waals surface area (Å²) in [7, 11) is 1.55. The predicted octanol–water partition coefficient (Wildman–Crippen LogP) is 5.46. The van der Waals surface area contributed by atoms with Crippen LogP contribution in [0.15, 0.2) is 35.5 Å². The van der Waals surface area contributed by atoms with E-state index in [1.54, 1.807) is 7.05 Å². The maximum atomic E-state index is 13.1. The molecule has 0 aliphatic carbocycles. The number of aromatic nitrogens is 5. The molecule has 12 heteroatoms. The zero-order valence-corrected chi connectivity index (χ0v) is 16.3. The number of aryl methyl sites for hydroxylation is 1. The van der Waals surface area contributed by atoms with Crippen LogP contribution in [0.3, 0.4) is 0 Å². The first kappa shape index (κ1) is 20.5. The highest BCUT2D eigenvalue weighted by molar-refractivity contribution is 7.99. The number of imidazole rings is 1. The quantitative estimate of drug-likeness (QED) is 0.311. The van der Waals surface area contributed by atoms with Gasteiger partial charge in [0.05, 0.1) is 16.6 Å². The molecule has 0 N–H and O–H groups in total. The van der Waals surface area contributed by atoms with E-state index in [1.165, 1.54) is 27.1 Å². The summed E-state index contributed by atoms with van der Waals surface area (Å²) in [6, 6.07) is 4.13. The minimum atomic E-state index is -4.57. The zero-order chi connectivity index (χ0) is 21.8. The second-order valence-electron chi connectivity index (χ2n) is 6.41. The Morgan fingerprint density at radius 1 is 0.967 bits per heavy atom. The Morgan fingerprint density at radius 3 is 2.27 bits per heavy atom. The van der Waals surface area contributed by atoms with Crippen molar-refractivity contribution in [3.05, 3.63) is 41.6 Å². The number of fused-ring (bicyclic) bond motifs is 2. The summed E-state index contributed by atoms with van der Waals surface area (Å²) in [5.41, 5.74) is -1.47. The summed E-state index contributed by atoms with van der Waals surface area (Å²) in [5, 5.41) is 5.29. The first-order chi connectivity index (χ1) is 14.0. The number of pyridine rings is 1. The lowest BCUT2D eigenvalue weighted by molar-refractivity contribution is -0.138. The molecule has 158 valence electrons. The van der Waals surface area contributed by atoms with Crippen molar-refractivity contribution < 1.29 is 26.3 Å². The number of benzene rings is 1. The molecule has 0 atom stereocenters. The summed E-state index contributed by atoms with van der Waals surface area (Å²) in [5.74, 6) is 0.750. The van der Waals surface area contributed by atoms with Crippen molar-refractivity contribution in [2.24, 2.45) is 7.05 Å². The first-order valence-electron chi connectivity index (χ1n) is 8.63. The van der Waals surface area contributed by atoms with Crippen molar-refractivity contribution in [1.82, 2.24) is 24.3 Å². The van der Waals surface area contributed by atoms with Crippen LogP contribution in [0, 0.1) is 0 Å². The van der Waals surface area contributed by atoms with E-state index in [0.717, 1.165) is 18.2 Å². The fraction of sp³-hybridized carbons (Fsp3) is 0.278. The van der Waals surface area contributed by atoms with E-state index in [-0.39, 0.29) is 22.6 Å². The average Bonchev–Trinajstić information content (AvgIpc) is 3.18. The van der Waals surface area contributed by atoms with Gasteiger partial charge in [-0.05, 0) is 30.0 Å². The Morgan fingerprint density at radius 2 is 1.63 bits per heavy atom. The van der Waals surface area contributed by atoms with Crippen molar-refractivity contribution >= 4 is 33.8 Å². The highest BCUT2D eigenvalue weighted by atomic mass is 32.2. The number of nitrogens with zero attached hydrogens (tertiary/aromatic N) is 5. The molecule has 0 aliphatic rings. The van der Waals surface area contributed by atoms with Gasteiger partial charge < -0.3 is 0 Å². The molecule has 4 aromatic rings. The molecule has 0 radical (unpaired) electrons. The Bertz CT molecular complexity index is 1250. The number of alkyl halides is 6. The molecule has 0 amide bonds. The van der Waals surface area contributed by atoms with Crippen LogP contribution in [-0.4, -0.2) is 30.1 Å². The van der Waals surface area contributed by atoms with Crippen LogP contribution in [0.5, 0.6) is 0 Å². The molecule has 3 heterocycles. The molecule has 0 fully saturated rings. The van der Waals surface area contributed by atoms with E-state index >= 15 is 0 Å². The maximum absolute atomic E-state index is 13.1. The fourth-order valence-electron chi connectivity index (χ4n) is 3.06. The summed E-state index contributed by atoms with van der Waals surface area (Å²) in [4.78, 5) is 8.08. The normalized spacial score (nSPS) is 12.9. The lowest BCUT2D eigenvalue weighted by atomic mass is 10.1. The van der Waals surface area contributed by atoms with E-state index in [1.807, 2.05) is 6.92 Å². The Kier molecular flexibility index (Phi) is 4.71. The van der Waals surface area contributed by atoms with E-state index in [9.17, 15) is 26.3 Å². The van der Waals surface area contributed by atoms with Gasteiger partial charge in [0.2, 0.25) is 5.95 Å². The van der Waals surface area contributed by atoms with E-state index in [2.05, 4.69) is 15.1 Å². The highest BCUT2D eigenvalue weighted by Crippen LogP contribution is 2.36. The monoisotopic (exact) mass is 445 g/mol. The Labute approximate surface area is 169 Å². The van der Waals surface area contributed by atoms with Gasteiger partial charge >= 0.3 is 12.4 Å². The molecule has 0 unspecified atom stereocenters. The molecule has 0 aliphatic heterocycles. The van der Waals surface area contributed by atoms with Crippen molar-refractivity contribution in [3.8, 4) is 5.95 Å². The zero-order valence-electron chi connectivity index (χ0n) is 15.5. The number of halogens is 6. The topological polar surface area (TPSA) is 48.5 Å². The van der Waals surface area contributed by atoms with Gasteiger partial charge in [-0.15, -0.1) is 11.8 Å². The molecule has 0 saturated heterocycles. The standard InChI is InChI=1S/C18H13F6N5S/c1-3-30-15-11-5-4-9(17(19,20)21)6-12(11)27-29(15)16-26-13-7-10(18(22,23)24)8-25-14(13)28(16)2/h4-8H,3H2,1-2H3. The second-order valence-corrected chi connectivity index (χ2v) is 7.67. The van der Waals surface area contributed by atoms with Crippen LogP contribution in [-0.2, 0) is 19.4 Å². The molecule has 0 spiro atoms. The molecule has 0 bridgehead atoms. The largest absolute Gasteiger partial charge is 0.417 e. The molecular weight excluding hydrogens is 432 g/mol. The fourth-order valence-corrected chi connectivity index (χ4v) is 3.90. The molecule has 30 heavy (non-hydrogen) atoms. The van der Waals surface area contributed by atoms with Gasteiger partial charge in [0.1, 0.15) is 10.5 Å². The van der Waals surface area contributed by atoms with Crippen LogP contribution in [0.2, 0.25) is 0 Å². The number of hydrogen-bond donors (Lipinski definition) is 0. The number of rotatable bonds is 3. The Hall–Kier alpha value is -2.76. The van der Waals surface area contributed by atoms with Gasteiger partial charge in [-0.1, -0.05) is 6.92 Å². The van der Waals surface area contributed by atoms with Crippen LogP contribution < -0.4 is 0 Å². The lowest BCUT2D eigenvalue weighted by Crippen LogP contribution is -2.07. The van der Waals surface area contributed by atoms with E-state index in [4.69, 9.17) is 0 Å². The van der Waals surface area contributed by atoms with Crippen molar-refractivity contribution in [1.29, 1.82) is 0 Å². The summed E-state index contributed by atoms with van der Waals surface area (Å²) in [6.45, 7) is 1.87. The molecular formula is C18H13F6N5S. The van der Waals surface area contributed by atoms with Crippen LogP contribution >= 0.6 is 11.8 Å². The van der Waals surface area contributed by atoms with Crippen molar-refractivity contribution in [2.75, 3.05) is 5.75 Å². The summed E-state index contributed by atoms with van der Waals surface area (Å²) in [6.07, 6.45) is -8.38. The van der Waals surface area contributed by atoms with Gasteiger partial charge in [-0.3, -0.25) is 4.57 Å². The predicted molar refractivity (Wildman–Crippen MR) is 99.5 cm³/mol. The smallest absolute Gasteiger partial charge is 0.296 e. The molecule has 5 nitrogen and oxygen atoms in total. The summed E-state index contributed by atoms with van der Waals surface area (Å²) >= 11 is 1.34. The van der Waals surface area contributed by atoms with Gasteiger partial charge in [0.15, 0.2) is 5.65 Å². The van der Waals surface area contributed by atoms with Crippen LogP contribution in [0.25, 0.3) is 28.0 Å². The third-order valence-corrected chi connectivity index (χ3v) is 5.39.